The minimum Gasteiger partial charge on any atom is -0.463 e. The van der Waals surface area contributed by atoms with Crippen molar-refractivity contribution >= 4 is 34.5 Å². The third-order valence-electron chi connectivity index (χ3n) is 3.95. The third-order valence-corrected chi connectivity index (χ3v) is 5.14. The van der Waals surface area contributed by atoms with Crippen LogP contribution in [0.3, 0.4) is 0 Å². The molecule has 1 aliphatic carbocycles. The summed E-state index contributed by atoms with van der Waals surface area (Å²) in [6, 6.07) is 6.05. The zero-order chi connectivity index (χ0) is 16.6. The van der Waals surface area contributed by atoms with Gasteiger partial charge in [0, 0.05) is 17.9 Å². The standard InChI is InChI=1S/C18H22N2O2S/c1-18(2,3)17(21)22-9-13-10-23-16(20-13)12-7-11-5-4-6-15(19)14(11)8-12/h4-7,13H,8-10,19H2,1-3H3/t13-/m1/s1. The van der Waals surface area contributed by atoms with Crippen LogP contribution in [0.1, 0.15) is 31.9 Å². The molecule has 5 heteroatoms. The number of nitrogen functional groups attached to an aromatic ring is 1. The lowest BCUT2D eigenvalue weighted by molar-refractivity contribution is -0.153. The summed E-state index contributed by atoms with van der Waals surface area (Å²) >= 11 is 1.73. The lowest BCUT2D eigenvalue weighted by Gasteiger charge is -2.17. The van der Waals surface area contributed by atoms with E-state index >= 15 is 0 Å². The molecule has 4 nitrogen and oxygen atoms in total. The van der Waals surface area contributed by atoms with Crippen molar-refractivity contribution in [3.05, 3.63) is 34.9 Å². The number of carbonyl (C=O) groups is 1. The Morgan fingerprint density at radius 3 is 2.91 bits per heavy atom. The van der Waals surface area contributed by atoms with E-state index in [1.54, 1.807) is 11.8 Å². The number of fused-ring (bicyclic) bond motifs is 1. The minimum atomic E-state index is -0.467. The number of rotatable bonds is 3. The molecule has 3 rings (SSSR count). The molecule has 0 aromatic heterocycles. The second kappa shape index (κ2) is 6.04. The molecule has 0 saturated heterocycles. The summed E-state index contributed by atoms with van der Waals surface area (Å²) in [5.74, 6) is 0.682. The molecule has 0 saturated carbocycles. The SMILES string of the molecule is CC(C)(C)C(=O)OC[C@@H]1CSC(C2=Cc3cccc(N)c3C2)=N1. The van der Waals surface area contributed by atoms with Crippen LogP contribution in [-0.4, -0.2) is 29.4 Å². The molecule has 1 aliphatic heterocycles. The van der Waals surface area contributed by atoms with Crippen molar-refractivity contribution in [3.8, 4) is 0 Å². The Bertz CT molecular complexity index is 701. The zero-order valence-corrected chi connectivity index (χ0v) is 14.6. The Labute approximate surface area is 141 Å². The first-order valence-electron chi connectivity index (χ1n) is 7.81. The number of nitrogens with zero attached hydrogens (tertiary/aromatic N) is 1. The van der Waals surface area contributed by atoms with Gasteiger partial charge in [0.05, 0.1) is 16.5 Å². The van der Waals surface area contributed by atoms with Crippen LogP contribution in [0.25, 0.3) is 6.08 Å². The normalized spacial score (nSPS) is 20.0. The predicted octanol–water partition coefficient (Wildman–Crippen LogP) is 3.31. The lowest BCUT2D eigenvalue weighted by atomic mass is 9.97. The Balaban J connectivity index is 1.63. The highest BCUT2D eigenvalue weighted by atomic mass is 32.2. The van der Waals surface area contributed by atoms with Gasteiger partial charge in [-0.3, -0.25) is 9.79 Å². The number of carbonyl (C=O) groups excluding carboxylic acids is 1. The average Bonchev–Trinajstić information content (AvgIpc) is 3.10. The van der Waals surface area contributed by atoms with Crippen molar-refractivity contribution in [1.29, 1.82) is 0 Å². The zero-order valence-electron chi connectivity index (χ0n) is 13.8. The smallest absolute Gasteiger partial charge is 0.311 e. The third kappa shape index (κ3) is 3.44. The Kier molecular flexibility index (Phi) is 4.23. The summed E-state index contributed by atoms with van der Waals surface area (Å²) in [5, 5.41) is 1.05. The van der Waals surface area contributed by atoms with Crippen LogP contribution in [0, 0.1) is 5.41 Å². The van der Waals surface area contributed by atoms with E-state index in [2.05, 4.69) is 12.1 Å². The van der Waals surface area contributed by atoms with Crippen molar-refractivity contribution in [3.63, 3.8) is 0 Å². The molecular formula is C18H22N2O2S. The number of hydrogen-bond donors (Lipinski definition) is 1. The molecular weight excluding hydrogens is 308 g/mol. The molecule has 23 heavy (non-hydrogen) atoms. The molecule has 1 aromatic carbocycles. The maximum atomic E-state index is 11.8. The van der Waals surface area contributed by atoms with Crippen LogP contribution in [0.15, 0.2) is 28.8 Å². The lowest BCUT2D eigenvalue weighted by Crippen LogP contribution is -2.26. The molecule has 0 bridgehead atoms. The van der Waals surface area contributed by atoms with E-state index in [0.717, 1.165) is 22.9 Å². The van der Waals surface area contributed by atoms with Crippen LogP contribution in [0.5, 0.6) is 0 Å². The second-order valence-electron chi connectivity index (χ2n) is 7.01. The molecule has 0 unspecified atom stereocenters. The van der Waals surface area contributed by atoms with Gasteiger partial charge in [-0.1, -0.05) is 12.1 Å². The number of esters is 1. The molecule has 0 radical (unpaired) electrons. The van der Waals surface area contributed by atoms with Gasteiger partial charge < -0.3 is 10.5 Å². The van der Waals surface area contributed by atoms with E-state index in [1.165, 1.54) is 16.7 Å². The summed E-state index contributed by atoms with van der Waals surface area (Å²) in [7, 11) is 0. The highest BCUT2D eigenvalue weighted by Gasteiger charge is 2.28. The number of anilines is 1. The molecule has 0 amide bonds. The molecule has 1 heterocycles. The van der Waals surface area contributed by atoms with Gasteiger partial charge in [-0.2, -0.15) is 0 Å². The second-order valence-corrected chi connectivity index (χ2v) is 8.02. The molecule has 0 fully saturated rings. The van der Waals surface area contributed by atoms with Crippen LogP contribution in [0.4, 0.5) is 5.69 Å². The molecule has 1 aromatic rings. The maximum absolute atomic E-state index is 11.8. The molecule has 1 atom stereocenters. The number of nitrogens with two attached hydrogens (primary N) is 1. The molecule has 2 aliphatic rings. The molecule has 2 N–H and O–H groups in total. The molecule has 0 spiro atoms. The van der Waals surface area contributed by atoms with Gasteiger partial charge in [0.2, 0.25) is 0 Å². The van der Waals surface area contributed by atoms with Crippen molar-refractivity contribution in [1.82, 2.24) is 0 Å². The molecule has 122 valence electrons. The first-order valence-corrected chi connectivity index (χ1v) is 8.79. The quantitative estimate of drug-likeness (QED) is 0.682. The largest absolute Gasteiger partial charge is 0.463 e. The van der Waals surface area contributed by atoms with E-state index in [1.807, 2.05) is 32.9 Å². The Morgan fingerprint density at radius 2 is 2.22 bits per heavy atom. The topological polar surface area (TPSA) is 64.7 Å². The van der Waals surface area contributed by atoms with E-state index < -0.39 is 5.41 Å². The van der Waals surface area contributed by atoms with Crippen LogP contribution in [0.2, 0.25) is 0 Å². The summed E-state index contributed by atoms with van der Waals surface area (Å²) in [5.41, 5.74) is 10.0. The van der Waals surface area contributed by atoms with Gasteiger partial charge in [0.25, 0.3) is 0 Å². The van der Waals surface area contributed by atoms with Crippen LogP contribution in [-0.2, 0) is 16.0 Å². The summed E-state index contributed by atoms with van der Waals surface area (Å²) < 4.78 is 5.38. The van der Waals surface area contributed by atoms with Crippen LogP contribution >= 0.6 is 11.8 Å². The van der Waals surface area contributed by atoms with Gasteiger partial charge in [-0.05, 0) is 49.6 Å². The van der Waals surface area contributed by atoms with Gasteiger partial charge in [-0.15, -0.1) is 11.8 Å². The minimum absolute atomic E-state index is 0.0447. The monoisotopic (exact) mass is 330 g/mol. The van der Waals surface area contributed by atoms with E-state index in [0.29, 0.717) is 6.61 Å². The highest BCUT2D eigenvalue weighted by Crippen LogP contribution is 2.34. The highest BCUT2D eigenvalue weighted by molar-refractivity contribution is 8.14. The van der Waals surface area contributed by atoms with E-state index in [9.17, 15) is 4.79 Å². The number of hydrogen-bond acceptors (Lipinski definition) is 5. The maximum Gasteiger partial charge on any atom is 0.311 e. The van der Waals surface area contributed by atoms with E-state index in [4.69, 9.17) is 15.5 Å². The van der Waals surface area contributed by atoms with Gasteiger partial charge in [0.1, 0.15) is 6.61 Å². The number of benzene rings is 1. The van der Waals surface area contributed by atoms with Crippen molar-refractivity contribution in [2.75, 3.05) is 18.1 Å². The fraction of sp³-hybridized carbons (Fsp3) is 0.444. The van der Waals surface area contributed by atoms with Crippen molar-refractivity contribution in [2.24, 2.45) is 10.4 Å². The first kappa shape index (κ1) is 16.1. The van der Waals surface area contributed by atoms with Crippen LogP contribution < -0.4 is 5.73 Å². The predicted molar refractivity (Wildman–Crippen MR) is 96.6 cm³/mol. The average molecular weight is 330 g/mol. The Morgan fingerprint density at radius 1 is 1.43 bits per heavy atom. The van der Waals surface area contributed by atoms with Gasteiger partial charge in [0.15, 0.2) is 0 Å². The first-order chi connectivity index (χ1) is 10.8. The Hall–Kier alpha value is -1.75. The summed E-state index contributed by atoms with van der Waals surface area (Å²) in [6.07, 6.45) is 3.00. The number of thioether (sulfide) groups is 1. The number of aliphatic imine (C=N–C) groups is 1. The fourth-order valence-corrected chi connectivity index (χ4v) is 3.66. The van der Waals surface area contributed by atoms with Crippen molar-refractivity contribution < 1.29 is 9.53 Å². The van der Waals surface area contributed by atoms with E-state index in [-0.39, 0.29) is 12.0 Å². The van der Waals surface area contributed by atoms with Gasteiger partial charge >= 0.3 is 5.97 Å². The van der Waals surface area contributed by atoms with Gasteiger partial charge in [-0.25, -0.2) is 0 Å². The fourth-order valence-electron chi connectivity index (χ4n) is 2.59. The summed E-state index contributed by atoms with van der Waals surface area (Å²) in [4.78, 5) is 16.6. The summed E-state index contributed by atoms with van der Waals surface area (Å²) in [6.45, 7) is 5.93. The number of ether oxygens (including phenoxy) is 1. The van der Waals surface area contributed by atoms with Crippen molar-refractivity contribution in [2.45, 2.75) is 33.2 Å².